The minimum absolute atomic E-state index is 0.189. The Morgan fingerprint density at radius 3 is 2.79 bits per heavy atom. The normalized spacial score (nSPS) is 10.6. The predicted molar refractivity (Wildman–Crippen MR) is 75.4 cm³/mol. The number of ether oxygens (including phenoxy) is 1. The van der Waals surface area contributed by atoms with Crippen molar-refractivity contribution in [1.29, 1.82) is 0 Å². The van der Waals surface area contributed by atoms with Crippen LogP contribution in [0.5, 0.6) is 0 Å². The number of carbonyl (C=O) groups excluding carboxylic acids is 1. The number of nitrogens with zero attached hydrogens (tertiary/aromatic N) is 2. The Morgan fingerprint density at radius 2 is 2.16 bits per heavy atom. The maximum atomic E-state index is 11.6. The van der Waals surface area contributed by atoms with Gasteiger partial charge in [0.05, 0.1) is 19.5 Å². The summed E-state index contributed by atoms with van der Waals surface area (Å²) in [5.41, 5.74) is 6.11. The van der Waals surface area contributed by atoms with Crippen molar-refractivity contribution >= 4 is 23.1 Å². The van der Waals surface area contributed by atoms with Crippen LogP contribution < -0.4 is 5.73 Å². The van der Waals surface area contributed by atoms with Gasteiger partial charge in [0.2, 0.25) is 0 Å². The summed E-state index contributed by atoms with van der Waals surface area (Å²) in [6, 6.07) is 4.19. The first-order valence-electron chi connectivity index (χ1n) is 6.21. The van der Waals surface area contributed by atoms with E-state index in [-0.39, 0.29) is 5.69 Å². The van der Waals surface area contributed by atoms with Gasteiger partial charge >= 0.3 is 5.97 Å². The molecule has 0 saturated heterocycles. The summed E-state index contributed by atoms with van der Waals surface area (Å²) in [6.07, 6.45) is 2.60. The number of anilines is 1. The van der Waals surface area contributed by atoms with E-state index in [9.17, 15) is 4.79 Å². The highest BCUT2D eigenvalue weighted by Gasteiger charge is 2.17. The van der Waals surface area contributed by atoms with Crippen LogP contribution in [0.4, 0.5) is 5.82 Å². The lowest BCUT2D eigenvalue weighted by molar-refractivity contribution is 0.0521. The predicted octanol–water partition coefficient (Wildman–Crippen LogP) is 2.31. The molecule has 0 unspecified atom stereocenters. The van der Waals surface area contributed by atoms with Crippen LogP contribution in [-0.2, 0) is 17.7 Å². The largest absolute Gasteiger partial charge is 0.461 e. The molecular formula is C13H17N3O2S. The molecule has 5 nitrogen and oxygen atoms in total. The Labute approximate surface area is 116 Å². The number of carbonyl (C=O) groups is 1. The molecule has 0 radical (unpaired) electrons. The van der Waals surface area contributed by atoms with E-state index in [0.29, 0.717) is 19.0 Å². The van der Waals surface area contributed by atoms with Gasteiger partial charge < -0.3 is 15.0 Å². The SMILES string of the molecule is CCOC(=O)c1ncn(Cc2ccc(CC)s2)c1N. The van der Waals surface area contributed by atoms with Gasteiger partial charge in [-0.25, -0.2) is 9.78 Å². The molecule has 6 heteroatoms. The quantitative estimate of drug-likeness (QED) is 0.853. The maximum Gasteiger partial charge on any atom is 0.360 e. The minimum Gasteiger partial charge on any atom is -0.461 e. The summed E-state index contributed by atoms with van der Waals surface area (Å²) < 4.78 is 6.66. The van der Waals surface area contributed by atoms with E-state index in [1.54, 1.807) is 29.2 Å². The monoisotopic (exact) mass is 279 g/mol. The molecule has 0 aliphatic carbocycles. The number of esters is 1. The molecule has 0 fully saturated rings. The molecule has 2 aromatic rings. The Balaban J connectivity index is 2.15. The molecule has 19 heavy (non-hydrogen) atoms. The molecule has 0 spiro atoms. The van der Waals surface area contributed by atoms with Crippen molar-refractivity contribution in [1.82, 2.24) is 9.55 Å². The zero-order valence-electron chi connectivity index (χ0n) is 11.0. The first-order chi connectivity index (χ1) is 9.15. The molecule has 2 N–H and O–H groups in total. The lowest BCUT2D eigenvalue weighted by Gasteiger charge is -2.04. The lowest BCUT2D eigenvalue weighted by Crippen LogP contribution is -2.10. The van der Waals surface area contributed by atoms with Crippen LogP contribution in [0.25, 0.3) is 0 Å². The number of hydrogen-bond acceptors (Lipinski definition) is 5. The molecule has 2 aromatic heterocycles. The van der Waals surface area contributed by atoms with Crippen molar-refractivity contribution in [2.45, 2.75) is 26.8 Å². The molecule has 102 valence electrons. The van der Waals surface area contributed by atoms with Gasteiger partial charge in [0, 0.05) is 9.75 Å². The lowest BCUT2D eigenvalue weighted by atomic mass is 10.3. The number of aromatic nitrogens is 2. The van der Waals surface area contributed by atoms with Crippen LogP contribution in [0.3, 0.4) is 0 Å². The zero-order valence-corrected chi connectivity index (χ0v) is 11.9. The highest BCUT2D eigenvalue weighted by Crippen LogP contribution is 2.20. The second kappa shape index (κ2) is 5.88. The summed E-state index contributed by atoms with van der Waals surface area (Å²) >= 11 is 1.74. The van der Waals surface area contributed by atoms with Crippen molar-refractivity contribution in [3.8, 4) is 0 Å². The number of nitrogens with two attached hydrogens (primary N) is 1. The van der Waals surface area contributed by atoms with Crippen molar-refractivity contribution < 1.29 is 9.53 Å². The number of thiophene rings is 1. The van der Waals surface area contributed by atoms with Crippen LogP contribution in [0.1, 0.15) is 34.1 Å². The van der Waals surface area contributed by atoms with E-state index in [0.717, 1.165) is 6.42 Å². The Kier molecular flexibility index (Phi) is 4.21. The van der Waals surface area contributed by atoms with Gasteiger partial charge in [-0.2, -0.15) is 0 Å². The Hall–Kier alpha value is -1.82. The second-order valence-corrected chi connectivity index (χ2v) is 5.30. The van der Waals surface area contributed by atoms with E-state index in [1.807, 2.05) is 0 Å². The van der Waals surface area contributed by atoms with Gasteiger partial charge in [-0.3, -0.25) is 0 Å². The number of hydrogen-bond donors (Lipinski definition) is 1. The molecular weight excluding hydrogens is 262 g/mol. The minimum atomic E-state index is -0.473. The van der Waals surface area contributed by atoms with Crippen LogP contribution in [0.15, 0.2) is 18.5 Å². The molecule has 0 bridgehead atoms. The molecule has 0 saturated carbocycles. The van der Waals surface area contributed by atoms with Gasteiger partial charge in [-0.15, -0.1) is 11.3 Å². The third-order valence-corrected chi connectivity index (χ3v) is 3.95. The molecule has 2 heterocycles. The number of imidazole rings is 1. The topological polar surface area (TPSA) is 70.1 Å². The van der Waals surface area contributed by atoms with E-state index in [2.05, 4.69) is 24.0 Å². The van der Waals surface area contributed by atoms with E-state index in [4.69, 9.17) is 10.5 Å². The van der Waals surface area contributed by atoms with Crippen LogP contribution in [-0.4, -0.2) is 22.1 Å². The summed E-state index contributed by atoms with van der Waals surface area (Å²) in [5.74, 6) is -0.121. The highest BCUT2D eigenvalue weighted by molar-refractivity contribution is 7.11. The van der Waals surface area contributed by atoms with Crippen molar-refractivity contribution in [3.63, 3.8) is 0 Å². The smallest absolute Gasteiger partial charge is 0.360 e. The Bertz CT molecular complexity index is 574. The van der Waals surface area contributed by atoms with E-state index < -0.39 is 5.97 Å². The first-order valence-corrected chi connectivity index (χ1v) is 7.02. The van der Waals surface area contributed by atoms with Gasteiger partial charge in [-0.05, 0) is 25.5 Å². The van der Waals surface area contributed by atoms with E-state index in [1.165, 1.54) is 9.75 Å². The fraction of sp³-hybridized carbons (Fsp3) is 0.385. The standard InChI is InChI=1S/C13H17N3O2S/c1-3-9-5-6-10(19-9)7-16-8-15-11(12(16)14)13(17)18-4-2/h5-6,8H,3-4,7,14H2,1-2H3. The molecule has 0 atom stereocenters. The number of rotatable bonds is 5. The summed E-state index contributed by atoms with van der Waals surface area (Å²) in [5, 5.41) is 0. The first kappa shape index (κ1) is 13.6. The molecule has 0 aliphatic heterocycles. The third-order valence-electron chi connectivity index (χ3n) is 2.74. The third kappa shape index (κ3) is 2.96. The average Bonchev–Trinajstić information content (AvgIpc) is 2.98. The van der Waals surface area contributed by atoms with Crippen molar-refractivity contribution in [2.24, 2.45) is 0 Å². The summed E-state index contributed by atoms with van der Waals surface area (Å²) in [6.45, 7) is 4.82. The van der Waals surface area contributed by atoms with Crippen molar-refractivity contribution in [2.75, 3.05) is 12.3 Å². The molecule has 0 aliphatic rings. The highest BCUT2D eigenvalue weighted by atomic mass is 32.1. The zero-order chi connectivity index (χ0) is 13.8. The number of aryl methyl sites for hydroxylation is 1. The van der Waals surface area contributed by atoms with Crippen LogP contribution in [0, 0.1) is 0 Å². The van der Waals surface area contributed by atoms with Crippen molar-refractivity contribution in [3.05, 3.63) is 33.9 Å². The van der Waals surface area contributed by atoms with Crippen LogP contribution in [0.2, 0.25) is 0 Å². The summed E-state index contributed by atoms with van der Waals surface area (Å²) in [4.78, 5) is 18.2. The Morgan fingerprint density at radius 1 is 1.42 bits per heavy atom. The van der Waals surface area contributed by atoms with Gasteiger partial charge in [-0.1, -0.05) is 6.92 Å². The van der Waals surface area contributed by atoms with Gasteiger partial charge in [0.1, 0.15) is 5.82 Å². The van der Waals surface area contributed by atoms with E-state index >= 15 is 0 Å². The average molecular weight is 279 g/mol. The van der Waals surface area contributed by atoms with Crippen LogP contribution >= 0.6 is 11.3 Å². The van der Waals surface area contributed by atoms with Gasteiger partial charge in [0.15, 0.2) is 5.69 Å². The number of nitrogen functional groups attached to an aromatic ring is 1. The summed E-state index contributed by atoms with van der Waals surface area (Å²) in [7, 11) is 0. The van der Waals surface area contributed by atoms with Gasteiger partial charge in [0.25, 0.3) is 0 Å². The fourth-order valence-electron chi connectivity index (χ4n) is 1.74. The molecule has 2 rings (SSSR count). The second-order valence-electron chi connectivity index (χ2n) is 4.05. The maximum absolute atomic E-state index is 11.6. The molecule has 0 amide bonds. The fourth-order valence-corrected chi connectivity index (χ4v) is 2.70. The molecule has 0 aromatic carbocycles.